The molecule has 2 unspecified atom stereocenters. The molecule has 2 atom stereocenters. The number of nitrogens with zero attached hydrogens (tertiary/aromatic N) is 1. The standard InChI is InChI=1S/C18H27FN2/c1-14-10-17(20-11-15-4-2-3-5-15)13-21(12-14)18-8-6-16(19)7-9-18/h6-9,14-15,17,20H,2-5,10-13H2,1H3. The predicted octanol–water partition coefficient (Wildman–Crippen LogP) is 3.82. The first kappa shape index (κ1) is 14.8. The Kier molecular flexibility index (Phi) is 4.79. The van der Waals surface area contributed by atoms with Crippen LogP contribution in [0.3, 0.4) is 0 Å². The van der Waals surface area contributed by atoms with Crippen LogP contribution in [-0.2, 0) is 0 Å². The van der Waals surface area contributed by atoms with Crippen molar-refractivity contribution in [3.63, 3.8) is 0 Å². The number of hydrogen-bond donors (Lipinski definition) is 1. The van der Waals surface area contributed by atoms with Gasteiger partial charge in [0.25, 0.3) is 0 Å². The van der Waals surface area contributed by atoms with Crippen molar-refractivity contribution < 1.29 is 4.39 Å². The maximum Gasteiger partial charge on any atom is 0.123 e. The van der Waals surface area contributed by atoms with Crippen LogP contribution < -0.4 is 10.2 Å². The van der Waals surface area contributed by atoms with Gasteiger partial charge in [0.05, 0.1) is 0 Å². The SMILES string of the molecule is CC1CC(NCC2CCCC2)CN(c2ccc(F)cc2)C1. The fourth-order valence-corrected chi connectivity index (χ4v) is 3.91. The van der Waals surface area contributed by atoms with Crippen molar-refractivity contribution in [2.24, 2.45) is 11.8 Å². The zero-order chi connectivity index (χ0) is 14.7. The minimum Gasteiger partial charge on any atom is -0.370 e. The Balaban J connectivity index is 1.57. The van der Waals surface area contributed by atoms with Gasteiger partial charge in [-0.2, -0.15) is 0 Å². The Morgan fingerprint density at radius 1 is 1.14 bits per heavy atom. The van der Waals surface area contributed by atoms with E-state index in [-0.39, 0.29) is 5.82 Å². The molecule has 21 heavy (non-hydrogen) atoms. The van der Waals surface area contributed by atoms with Crippen LogP contribution in [0.15, 0.2) is 24.3 Å². The zero-order valence-electron chi connectivity index (χ0n) is 13.0. The molecule has 1 aromatic carbocycles. The summed E-state index contributed by atoms with van der Waals surface area (Å²) in [4.78, 5) is 2.40. The van der Waals surface area contributed by atoms with Crippen LogP contribution in [-0.4, -0.2) is 25.7 Å². The fraction of sp³-hybridized carbons (Fsp3) is 0.667. The molecule has 1 N–H and O–H groups in total. The van der Waals surface area contributed by atoms with E-state index < -0.39 is 0 Å². The van der Waals surface area contributed by atoms with Gasteiger partial charge in [-0.3, -0.25) is 0 Å². The molecule has 116 valence electrons. The maximum atomic E-state index is 13.1. The first-order valence-electron chi connectivity index (χ1n) is 8.44. The number of rotatable bonds is 4. The number of anilines is 1. The summed E-state index contributed by atoms with van der Waals surface area (Å²) in [5, 5.41) is 3.79. The quantitative estimate of drug-likeness (QED) is 0.907. The summed E-state index contributed by atoms with van der Waals surface area (Å²) in [7, 11) is 0. The van der Waals surface area contributed by atoms with Crippen LogP contribution in [0.2, 0.25) is 0 Å². The first-order chi connectivity index (χ1) is 10.2. The van der Waals surface area contributed by atoms with Gasteiger partial charge < -0.3 is 10.2 Å². The van der Waals surface area contributed by atoms with Crippen molar-refractivity contribution in [3.8, 4) is 0 Å². The molecule has 1 saturated carbocycles. The Morgan fingerprint density at radius 3 is 2.57 bits per heavy atom. The summed E-state index contributed by atoms with van der Waals surface area (Å²) in [6, 6.07) is 7.51. The summed E-state index contributed by atoms with van der Waals surface area (Å²) in [6.07, 6.45) is 6.88. The van der Waals surface area contributed by atoms with Crippen LogP contribution in [0, 0.1) is 17.7 Å². The highest BCUT2D eigenvalue weighted by atomic mass is 19.1. The lowest BCUT2D eigenvalue weighted by Crippen LogP contribution is -2.49. The Labute approximate surface area is 127 Å². The van der Waals surface area contributed by atoms with Gasteiger partial charge in [0.2, 0.25) is 0 Å². The van der Waals surface area contributed by atoms with E-state index in [4.69, 9.17) is 0 Å². The molecule has 1 saturated heterocycles. The Morgan fingerprint density at radius 2 is 1.86 bits per heavy atom. The second kappa shape index (κ2) is 6.78. The van der Waals surface area contributed by atoms with E-state index in [2.05, 4.69) is 17.1 Å². The van der Waals surface area contributed by atoms with Crippen molar-refractivity contribution >= 4 is 5.69 Å². The summed E-state index contributed by atoms with van der Waals surface area (Å²) in [5.41, 5.74) is 1.15. The molecule has 2 fully saturated rings. The van der Waals surface area contributed by atoms with E-state index in [0.29, 0.717) is 12.0 Å². The molecule has 0 amide bonds. The smallest absolute Gasteiger partial charge is 0.123 e. The van der Waals surface area contributed by atoms with Crippen LogP contribution in [0.1, 0.15) is 39.0 Å². The molecule has 1 aromatic rings. The molecule has 2 nitrogen and oxygen atoms in total. The van der Waals surface area contributed by atoms with E-state index >= 15 is 0 Å². The third-order valence-corrected chi connectivity index (χ3v) is 5.02. The second-order valence-electron chi connectivity index (χ2n) is 6.98. The van der Waals surface area contributed by atoms with E-state index in [9.17, 15) is 4.39 Å². The summed E-state index contributed by atoms with van der Waals surface area (Å²) >= 11 is 0. The largest absolute Gasteiger partial charge is 0.370 e. The van der Waals surface area contributed by atoms with Crippen molar-refractivity contribution in [1.82, 2.24) is 5.32 Å². The van der Waals surface area contributed by atoms with Gasteiger partial charge in [0.15, 0.2) is 0 Å². The predicted molar refractivity (Wildman–Crippen MR) is 86.1 cm³/mol. The molecular formula is C18H27FN2. The summed E-state index contributed by atoms with van der Waals surface area (Å²) in [5.74, 6) is 1.42. The average molecular weight is 290 g/mol. The third-order valence-electron chi connectivity index (χ3n) is 5.02. The zero-order valence-corrected chi connectivity index (χ0v) is 13.0. The second-order valence-corrected chi connectivity index (χ2v) is 6.98. The average Bonchev–Trinajstić information content (AvgIpc) is 2.99. The van der Waals surface area contributed by atoms with Gasteiger partial charge in [-0.25, -0.2) is 4.39 Å². The third kappa shape index (κ3) is 3.97. The topological polar surface area (TPSA) is 15.3 Å². The number of halogens is 1. The van der Waals surface area contributed by atoms with Crippen LogP contribution in [0.25, 0.3) is 0 Å². The van der Waals surface area contributed by atoms with Gasteiger partial charge in [0, 0.05) is 24.8 Å². The fourth-order valence-electron chi connectivity index (χ4n) is 3.91. The van der Waals surface area contributed by atoms with Crippen molar-refractivity contribution in [2.75, 3.05) is 24.5 Å². The molecule has 0 spiro atoms. The van der Waals surface area contributed by atoms with E-state index in [1.54, 1.807) is 12.1 Å². The maximum absolute atomic E-state index is 13.1. The van der Waals surface area contributed by atoms with E-state index in [1.165, 1.54) is 38.6 Å². The van der Waals surface area contributed by atoms with Gasteiger partial charge in [-0.05, 0) is 61.9 Å². The molecule has 2 aliphatic rings. The monoisotopic (exact) mass is 290 g/mol. The van der Waals surface area contributed by atoms with Crippen molar-refractivity contribution in [2.45, 2.75) is 45.1 Å². The highest BCUT2D eigenvalue weighted by molar-refractivity contribution is 5.47. The lowest BCUT2D eigenvalue weighted by Gasteiger charge is -2.38. The van der Waals surface area contributed by atoms with Crippen LogP contribution in [0.5, 0.6) is 0 Å². The molecule has 1 aliphatic carbocycles. The van der Waals surface area contributed by atoms with Crippen molar-refractivity contribution in [3.05, 3.63) is 30.1 Å². The molecule has 0 radical (unpaired) electrons. The van der Waals surface area contributed by atoms with Gasteiger partial charge in [-0.15, -0.1) is 0 Å². The number of hydrogen-bond acceptors (Lipinski definition) is 2. The van der Waals surface area contributed by atoms with Crippen molar-refractivity contribution in [1.29, 1.82) is 0 Å². The molecule has 0 bridgehead atoms. The number of benzene rings is 1. The molecule has 3 heteroatoms. The summed E-state index contributed by atoms with van der Waals surface area (Å²) < 4.78 is 13.1. The molecule has 3 rings (SSSR count). The molecule has 1 heterocycles. The van der Waals surface area contributed by atoms with Gasteiger partial charge >= 0.3 is 0 Å². The minimum atomic E-state index is -0.153. The minimum absolute atomic E-state index is 0.153. The number of nitrogens with one attached hydrogen (secondary N) is 1. The van der Waals surface area contributed by atoms with Gasteiger partial charge in [-0.1, -0.05) is 19.8 Å². The highest BCUT2D eigenvalue weighted by Crippen LogP contribution is 2.26. The molecule has 0 aromatic heterocycles. The lowest BCUT2D eigenvalue weighted by atomic mass is 9.94. The van der Waals surface area contributed by atoms with E-state index in [1.807, 2.05) is 12.1 Å². The highest BCUT2D eigenvalue weighted by Gasteiger charge is 2.25. The number of piperidine rings is 1. The molecular weight excluding hydrogens is 263 g/mol. The van der Waals surface area contributed by atoms with Crippen LogP contribution in [0.4, 0.5) is 10.1 Å². The van der Waals surface area contributed by atoms with Crippen LogP contribution >= 0.6 is 0 Å². The lowest BCUT2D eigenvalue weighted by molar-refractivity contribution is 0.332. The summed E-state index contributed by atoms with van der Waals surface area (Å²) in [6.45, 7) is 5.62. The Hall–Kier alpha value is -1.09. The van der Waals surface area contributed by atoms with Gasteiger partial charge in [0.1, 0.15) is 5.82 Å². The molecule has 1 aliphatic heterocycles. The Bertz CT molecular complexity index is 439. The normalized spacial score (nSPS) is 27.2. The van der Waals surface area contributed by atoms with E-state index in [0.717, 1.165) is 24.7 Å². The first-order valence-corrected chi connectivity index (χ1v) is 8.44.